The Morgan fingerprint density at radius 1 is 1.50 bits per heavy atom. The summed E-state index contributed by atoms with van der Waals surface area (Å²) in [7, 11) is 1.42. The first-order valence-corrected chi connectivity index (χ1v) is 6.57. The van der Waals surface area contributed by atoms with E-state index in [-0.39, 0.29) is 17.2 Å². The quantitative estimate of drug-likeness (QED) is 0.876. The second-order valence-corrected chi connectivity index (χ2v) is 5.61. The zero-order chi connectivity index (χ0) is 15.4. The van der Waals surface area contributed by atoms with Gasteiger partial charge in [-0.2, -0.15) is 8.78 Å². The highest BCUT2D eigenvalue weighted by atomic mass is 32.1. The molecule has 0 saturated heterocycles. The average Bonchev–Trinajstić information content (AvgIpc) is 2.67. The van der Waals surface area contributed by atoms with Crippen molar-refractivity contribution in [2.45, 2.75) is 20.5 Å². The number of hydrogen-bond donors (Lipinski definition) is 1. The van der Waals surface area contributed by atoms with Gasteiger partial charge in [0.15, 0.2) is 0 Å². The highest BCUT2D eigenvalue weighted by Gasteiger charge is 2.24. The van der Waals surface area contributed by atoms with Crippen molar-refractivity contribution in [2.24, 2.45) is 5.92 Å². The maximum absolute atomic E-state index is 12.3. The van der Waals surface area contributed by atoms with E-state index in [9.17, 15) is 18.4 Å². The third-order valence-electron chi connectivity index (χ3n) is 2.55. The number of carboxylic acid groups (broad SMARTS) is 1. The number of carboxylic acids is 1. The van der Waals surface area contributed by atoms with E-state index in [2.05, 4.69) is 4.74 Å². The summed E-state index contributed by atoms with van der Waals surface area (Å²) >= 11 is 1.03. The fraction of sp³-hybridized carbons (Fsp3) is 0.500. The van der Waals surface area contributed by atoms with Crippen LogP contribution in [0, 0.1) is 12.8 Å². The van der Waals surface area contributed by atoms with Crippen molar-refractivity contribution in [1.82, 2.24) is 4.90 Å². The minimum atomic E-state index is -3.02. The maximum atomic E-state index is 12.3. The number of rotatable bonds is 6. The van der Waals surface area contributed by atoms with Crippen molar-refractivity contribution in [3.05, 3.63) is 15.8 Å². The monoisotopic (exact) mass is 307 g/mol. The van der Waals surface area contributed by atoms with Gasteiger partial charge in [0.05, 0.1) is 5.92 Å². The first-order valence-electron chi connectivity index (χ1n) is 5.76. The average molecular weight is 307 g/mol. The molecule has 0 fully saturated rings. The molecular weight excluding hydrogens is 292 g/mol. The normalized spacial score (nSPS) is 12.3. The van der Waals surface area contributed by atoms with Crippen LogP contribution in [-0.2, 0) is 4.79 Å². The second-order valence-electron chi connectivity index (χ2n) is 4.35. The molecule has 0 aromatic carbocycles. The molecule has 0 saturated carbocycles. The van der Waals surface area contributed by atoms with Crippen LogP contribution in [0.5, 0.6) is 5.75 Å². The van der Waals surface area contributed by atoms with Crippen LogP contribution in [0.1, 0.15) is 21.5 Å². The number of aryl methyl sites for hydroxylation is 1. The molecule has 0 spiro atoms. The molecule has 1 heterocycles. The molecule has 1 N–H and O–H groups in total. The van der Waals surface area contributed by atoms with Gasteiger partial charge in [-0.1, -0.05) is 6.92 Å². The van der Waals surface area contributed by atoms with Gasteiger partial charge in [-0.25, -0.2) is 0 Å². The number of nitrogens with zero attached hydrogens (tertiary/aromatic N) is 1. The van der Waals surface area contributed by atoms with Gasteiger partial charge in [0.1, 0.15) is 10.6 Å². The molecule has 1 rings (SSSR count). The molecular formula is C12H15F2NO4S. The molecule has 0 aliphatic rings. The molecule has 5 nitrogen and oxygen atoms in total. The minimum Gasteiger partial charge on any atom is -0.481 e. The number of carbonyl (C=O) groups excluding carboxylic acids is 1. The van der Waals surface area contributed by atoms with Gasteiger partial charge in [0.2, 0.25) is 0 Å². The number of ether oxygens (including phenoxy) is 1. The van der Waals surface area contributed by atoms with Gasteiger partial charge in [-0.15, -0.1) is 11.3 Å². The van der Waals surface area contributed by atoms with Gasteiger partial charge >= 0.3 is 12.6 Å². The van der Waals surface area contributed by atoms with E-state index in [1.54, 1.807) is 6.92 Å². The molecule has 1 unspecified atom stereocenters. The molecule has 1 aromatic rings. The largest absolute Gasteiger partial charge is 0.481 e. The van der Waals surface area contributed by atoms with Crippen LogP contribution in [0.4, 0.5) is 8.78 Å². The van der Waals surface area contributed by atoms with Crippen molar-refractivity contribution in [3.8, 4) is 5.75 Å². The predicted molar refractivity (Wildman–Crippen MR) is 69.4 cm³/mol. The summed E-state index contributed by atoms with van der Waals surface area (Å²) in [4.78, 5) is 24.8. The molecule has 0 bridgehead atoms. The number of carbonyl (C=O) groups is 2. The lowest BCUT2D eigenvalue weighted by molar-refractivity contribution is -0.141. The first kappa shape index (κ1) is 16.4. The molecule has 0 aliphatic carbocycles. The van der Waals surface area contributed by atoms with E-state index >= 15 is 0 Å². The minimum absolute atomic E-state index is 0.0146. The van der Waals surface area contributed by atoms with Gasteiger partial charge in [0.25, 0.3) is 5.91 Å². The van der Waals surface area contributed by atoms with E-state index in [4.69, 9.17) is 5.11 Å². The Kier molecular flexibility index (Phi) is 5.43. The molecule has 112 valence electrons. The molecule has 0 radical (unpaired) electrons. The lowest BCUT2D eigenvalue weighted by atomic mass is 10.2. The van der Waals surface area contributed by atoms with Crippen LogP contribution in [-0.4, -0.2) is 42.1 Å². The van der Waals surface area contributed by atoms with E-state index < -0.39 is 24.4 Å². The fourth-order valence-electron chi connectivity index (χ4n) is 1.57. The van der Waals surface area contributed by atoms with Gasteiger partial charge < -0.3 is 14.7 Å². The summed E-state index contributed by atoms with van der Waals surface area (Å²) in [5, 5.41) is 8.80. The number of thiophene rings is 1. The molecule has 20 heavy (non-hydrogen) atoms. The van der Waals surface area contributed by atoms with E-state index in [0.29, 0.717) is 4.88 Å². The lowest BCUT2D eigenvalue weighted by Crippen LogP contribution is -2.33. The van der Waals surface area contributed by atoms with E-state index in [1.165, 1.54) is 24.9 Å². The van der Waals surface area contributed by atoms with Gasteiger partial charge in [-0.3, -0.25) is 9.59 Å². The molecule has 8 heteroatoms. The highest BCUT2D eigenvalue weighted by Crippen LogP contribution is 2.31. The third-order valence-corrected chi connectivity index (χ3v) is 3.57. The summed E-state index contributed by atoms with van der Waals surface area (Å²) in [5.41, 5.74) is 0. The van der Waals surface area contributed by atoms with Crippen molar-refractivity contribution in [1.29, 1.82) is 0 Å². The Morgan fingerprint density at radius 3 is 2.60 bits per heavy atom. The van der Waals surface area contributed by atoms with Crippen LogP contribution in [0.3, 0.4) is 0 Å². The van der Waals surface area contributed by atoms with Crippen LogP contribution in [0.25, 0.3) is 0 Å². The van der Waals surface area contributed by atoms with Crippen LogP contribution < -0.4 is 4.74 Å². The van der Waals surface area contributed by atoms with Crippen molar-refractivity contribution < 1.29 is 28.2 Å². The number of aliphatic carboxylic acids is 1. The summed E-state index contributed by atoms with van der Waals surface area (Å²) in [6, 6.07) is 1.36. The summed E-state index contributed by atoms with van der Waals surface area (Å²) in [6.07, 6.45) is 0. The lowest BCUT2D eigenvalue weighted by Gasteiger charge is -2.19. The number of alkyl halides is 2. The number of amides is 1. The van der Waals surface area contributed by atoms with E-state index in [1.807, 2.05) is 0 Å². The third kappa shape index (κ3) is 4.16. The highest BCUT2D eigenvalue weighted by molar-refractivity contribution is 7.14. The Balaban J connectivity index is 2.88. The van der Waals surface area contributed by atoms with Crippen LogP contribution in [0.15, 0.2) is 6.07 Å². The first-order chi connectivity index (χ1) is 9.22. The Labute approximate surface area is 118 Å². The Bertz CT molecular complexity index is 504. The van der Waals surface area contributed by atoms with Gasteiger partial charge in [-0.05, 0) is 13.0 Å². The number of hydrogen-bond acceptors (Lipinski definition) is 4. The SMILES string of the molecule is Cc1cc(OC(F)F)c(C(=O)N(C)CC(C)C(=O)O)s1. The van der Waals surface area contributed by atoms with Crippen LogP contribution >= 0.6 is 11.3 Å². The predicted octanol–water partition coefficient (Wildman–Crippen LogP) is 2.45. The molecule has 0 aliphatic heterocycles. The van der Waals surface area contributed by atoms with Gasteiger partial charge in [0, 0.05) is 18.5 Å². The summed E-state index contributed by atoms with van der Waals surface area (Å²) < 4.78 is 28.8. The zero-order valence-corrected chi connectivity index (χ0v) is 12.0. The summed E-state index contributed by atoms with van der Waals surface area (Å²) in [5.74, 6) is -2.49. The Morgan fingerprint density at radius 2 is 2.10 bits per heavy atom. The topological polar surface area (TPSA) is 66.8 Å². The van der Waals surface area contributed by atoms with Crippen molar-refractivity contribution >= 4 is 23.2 Å². The fourth-order valence-corrected chi connectivity index (χ4v) is 2.51. The second kappa shape index (κ2) is 6.65. The molecule has 1 amide bonds. The summed E-state index contributed by atoms with van der Waals surface area (Å²) in [6.45, 7) is 0.0973. The smallest absolute Gasteiger partial charge is 0.387 e. The van der Waals surface area contributed by atoms with Crippen molar-refractivity contribution in [2.75, 3.05) is 13.6 Å². The standard InChI is InChI=1S/C12H15F2NO4S/c1-6(11(17)18)5-15(3)10(16)9-8(19-12(13)14)4-7(2)20-9/h4,6,12H,5H2,1-3H3,(H,17,18). The molecule has 1 aromatic heterocycles. The van der Waals surface area contributed by atoms with E-state index in [0.717, 1.165) is 11.3 Å². The molecule has 1 atom stereocenters. The maximum Gasteiger partial charge on any atom is 0.387 e. The zero-order valence-electron chi connectivity index (χ0n) is 11.2. The Hall–Kier alpha value is -1.70. The van der Waals surface area contributed by atoms with Crippen LogP contribution in [0.2, 0.25) is 0 Å². The number of halogens is 2. The van der Waals surface area contributed by atoms with Crippen molar-refractivity contribution in [3.63, 3.8) is 0 Å².